The molecule has 0 radical (unpaired) electrons. The van der Waals surface area contributed by atoms with Crippen LogP contribution in [0.5, 0.6) is 0 Å². The summed E-state index contributed by atoms with van der Waals surface area (Å²) in [6.07, 6.45) is 6.94. The van der Waals surface area contributed by atoms with E-state index in [4.69, 9.17) is 4.42 Å². The molecule has 52 heavy (non-hydrogen) atoms. The average molecular weight is 752 g/mol. The number of piperidine rings is 3. The van der Waals surface area contributed by atoms with Crippen molar-refractivity contribution in [2.45, 2.75) is 93.3 Å². The predicted octanol–water partition coefficient (Wildman–Crippen LogP) is 4.58. The van der Waals surface area contributed by atoms with Gasteiger partial charge >= 0.3 is 0 Å². The summed E-state index contributed by atoms with van der Waals surface area (Å²) in [6.45, 7) is 9.69. The molecular weight excluding hydrogens is 710 g/mol. The van der Waals surface area contributed by atoms with Gasteiger partial charge in [-0.3, -0.25) is 39.1 Å². The summed E-state index contributed by atoms with van der Waals surface area (Å²) in [4.78, 5) is 77.5. The number of rotatable bonds is 9. The molecule has 1 aromatic carbocycles. The number of benzene rings is 1. The first-order valence-corrected chi connectivity index (χ1v) is 19.5. The van der Waals surface area contributed by atoms with Gasteiger partial charge in [-0.2, -0.15) is 0 Å². The van der Waals surface area contributed by atoms with Crippen LogP contribution in [0.2, 0.25) is 0 Å². The fourth-order valence-corrected chi connectivity index (χ4v) is 9.04. The van der Waals surface area contributed by atoms with Crippen LogP contribution >= 0.6 is 23.1 Å². The van der Waals surface area contributed by atoms with E-state index in [0.29, 0.717) is 34.9 Å². The van der Waals surface area contributed by atoms with Crippen LogP contribution in [0.3, 0.4) is 0 Å². The summed E-state index contributed by atoms with van der Waals surface area (Å²) >= 11 is 3.03. The van der Waals surface area contributed by atoms with Crippen molar-refractivity contribution in [2.24, 2.45) is 5.92 Å². The van der Waals surface area contributed by atoms with Gasteiger partial charge in [0, 0.05) is 35.9 Å². The van der Waals surface area contributed by atoms with Crippen LogP contribution in [0.15, 0.2) is 33.2 Å². The van der Waals surface area contributed by atoms with Gasteiger partial charge in [-0.1, -0.05) is 32.1 Å². The molecule has 2 aromatic heterocycles. The second-order valence-electron chi connectivity index (χ2n) is 14.9. The zero-order valence-corrected chi connectivity index (χ0v) is 31.0. The first-order valence-electron chi connectivity index (χ1n) is 17.7. The number of likely N-dealkylation sites (tertiary alicyclic amines) is 2. The van der Waals surface area contributed by atoms with Crippen molar-refractivity contribution in [3.63, 3.8) is 0 Å². The topological polar surface area (TPSA) is 158 Å². The lowest BCUT2D eigenvalue weighted by Gasteiger charge is -2.41. The summed E-state index contributed by atoms with van der Waals surface area (Å²) in [6, 6.07) is 1.81. The van der Waals surface area contributed by atoms with Gasteiger partial charge in [-0.15, -0.1) is 11.8 Å². The number of anilines is 1. The lowest BCUT2D eigenvalue weighted by Crippen LogP contribution is -2.54. The van der Waals surface area contributed by atoms with Crippen molar-refractivity contribution in [3.05, 3.63) is 58.7 Å². The van der Waals surface area contributed by atoms with Crippen molar-refractivity contribution in [3.8, 4) is 0 Å². The number of carbonyl (C=O) groups excluding carboxylic acids is 5. The number of oxazole rings is 1. The Labute approximate surface area is 309 Å². The Hall–Kier alpha value is -3.99. The third-order valence-electron chi connectivity index (χ3n) is 10.3. The Bertz CT molecular complexity index is 1890. The lowest BCUT2D eigenvalue weighted by atomic mass is 9.92. The summed E-state index contributed by atoms with van der Waals surface area (Å²) in [5.74, 6) is -1.06. The SMILES string of the molecule is CC(C)(C)c1cnc(CSc2cnc(NC(=O)C3CCN(C4CCN(Cc5cc6c(cc5F)C(=O)N(C5CCC(=O)NC5=O)C6=O)CC4)CC3)s2)o1. The average Bonchev–Trinajstić information content (AvgIpc) is 3.84. The molecule has 0 saturated carbocycles. The Balaban J connectivity index is 0.854. The Morgan fingerprint density at radius 1 is 1.00 bits per heavy atom. The standard InChI is InChI=1S/C36H42FN7O6S2/c1-36(2,3)27-16-38-29(50-27)19-51-30-17-39-35(52-30)41-31(46)20-6-12-43(13-7-20)22-8-10-42(11-9-22)18-21-14-23-24(15-25(21)37)34(49)44(33(23)48)26-4-5-28(45)40-32(26)47/h14-17,20,22,26H,4-13,18-19H2,1-3H3,(H,39,41,46)(H,40,45,47). The van der Waals surface area contributed by atoms with Crippen LogP contribution in [0, 0.1) is 11.7 Å². The molecule has 1 unspecified atom stereocenters. The minimum Gasteiger partial charge on any atom is -0.444 e. The molecule has 0 bridgehead atoms. The Kier molecular flexibility index (Phi) is 10.3. The first-order chi connectivity index (χ1) is 24.8. The van der Waals surface area contributed by atoms with E-state index in [2.05, 4.69) is 51.2 Å². The normalized spacial score (nSPS) is 21.2. The minimum atomic E-state index is -1.09. The highest BCUT2D eigenvalue weighted by Gasteiger charge is 2.45. The fourth-order valence-electron chi connectivity index (χ4n) is 7.31. The van der Waals surface area contributed by atoms with Gasteiger partial charge < -0.3 is 14.6 Å². The van der Waals surface area contributed by atoms with E-state index in [0.717, 1.165) is 72.8 Å². The van der Waals surface area contributed by atoms with Gasteiger partial charge in [0.05, 0.1) is 33.5 Å². The maximum absolute atomic E-state index is 15.3. The number of amides is 5. The number of nitrogens with zero attached hydrogens (tertiary/aromatic N) is 5. The van der Waals surface area contributed by atoms with E-state index < -0.39 is 35.5 Å². The molecule has 16 heteroatoms. The molecule has 3 fully saturated rings. The number of halogens is 1. The van der Waals surface area contributed by atoms with Crippen molar-refractivity contribution >= 4 is 57.8 Å². The molecule has 13 nitrogen and oxygen atoms in total. The molecule has 2 N–H and O–H groups in total. The summed E-state index contributed by atoms with van der Waals surface area (Å²) in [5.41, 5.74) is 0.252. The van der Waals surface area contributed by atoms with Crippen LogP contribution in [0.4, 0.5) is 9.52 Å². The van der Waals surface area contributed by atoms with Crippen LogP contribution in [0.25, 0.3) is 0 Å². The monoisotopic (exact) mass is 751 g/mol. The van der Waals surface area contributed by atoms with Gasteiger partial charge in [0.1, 0.15) is 17.6 Å². The van der Waals surface area contributed by atoms with Gasteiger partial charge in [0.15, 0.2) is 5.13 Å². The summed E-state index contributed by atoms with van der Waals surface area (Å²) in [7, 11) is 0. The van der Waals surface area contributed by atoms with Gasteiger partial charge in [-0.25, -0.2) is 14.4 Å². The zero-order valence-electron chi connectivity index (χ0n) is 29.4. The number of aromatic nitrogens is 2. The molecule has 4 aliphatic rings. The number of thiazole rings is 1. The van der Waals surface area contributed by atoms with E-state index in [1.54, 1.807) is 24.2 Å². The van der Waals surface area contributed by atoms with Gasteiger partial charge in [0.25, 0.3) is 11.8 Å². The Morgan fingerprint density at radius 3 is 2.38 bits per heavy atom. The predicted molar refractivity (Wildman–Crippen MR) is 191 cm³/mol. The van der Waals surface area contributed by atoms with E-state index in [-0.39, 0.29) is 41.2 Å². The molecular formula is C36H42FN7O6S2. The number of hydrogen-bond acceptors (Lipinski definition) is 12. The molecule has 5 amide bonds. The third kappa shape index (κ3) is 7.70. The Morgan fingerprint density at radius 2 is 1.71 bits per heavy atom. The minimum absolute atomic E-state index is 0.000303. The number of fused-ring (bicyclic) bond motifs is 1. The number of hydrogen-bond donors (Lipinski definition) is 2. The highest BCUT2D eigenvalue weighted by molar-refractivity contribution is 8.00. The molecule has 1 atom stereocenters. The third-order valence-corrected chi connectivity index (χ3v) is 12.4. The first kappa shape index (κ1) is 36.4. The molecule has 276 valence electrons. The number of thioether (sulfide) groups is 1. The van der Waals surface area contributed by atoms with Crippen LogP contribution in [0.1, 0.15) is 97.2 Å². The largest absolute Gasteiger partial charge is 0.444 e. The highest BCUT2D eigenvalue weighted by Crippen LogP contribution is 2.34. The van der Waals surface area contributed by atoms with Crippen LogP contribution in [-0.2, 0) is 32.1 Å². The molecule has 0 spiro atoms. The van der Waals surface area contributed by atoms with Gasteiger partial charge in [-0.05, 0) is 70.4 Å². The fraction of sp³-hybridized carbons (Fsp3) is 0.528. The van der Waals surface area contributed by atoms with Crippen molar-refractivity contribution in [1.82, 2.24) is 30.0 Å². The van der Waals surface area contributed by atoms with E-state index in [1.807, 2.05) is 0 Å². The van der Waals surface area contributed by atoms with Crippen molar-refractivity contribution in [1.29, 1.82) is 0 Å². The van der Waals surface area contributed by atoms with Crippen molar-refractivity contribution < 1.29 is 32.8 Å². The highest BCUT2D eigenvalue weighted by atomic mass is 32.2. The molecule has 0 aliphatic carbocycles. The molecule has 3 aromatic rings. The smallest absolute Gasteiger partial charge is 0.262 e. The van der Waals surface area contributed by atoms with Crippen molar-refractivity contribution in [2.75, 3.05) is 31.5 Å². The lowest BCUT2D eigenvalue weighted by molar-refractivity contribution is -0.136. The number of carbonyl (C=O) groups is 5. The summed E-state index contributed by atoms with van der Waals surface area (Å²) < 4.78 is 22.1. The maximum Gasteiger partial charge on any atom is 0.262 e. The van der Waals surface area contributed by atoms with E-state index in [9.17, 15) is 24.0 Å². The molecule has 4 aliphatic heterocycles. The second kappa shape index (κ2) is 14.8. The summed E-state index contributed by atoms with van der Waals surface area (Å²) in [5, 5.41) is 5.78. The van der Waals surface area contributed by atoms with E-state index >= 15 is 4.39 Å². The van der Waals surface area contributed by atoms with Crippen LogP contribution < -0.4 is 10.6 Å². The molecule has 3 saturated heterocycles. The van der Waals surface area contributed by atoms with E-state index in [1.165, 1.54) is 17.4 Å². The quantitative estimate of drug-likeness (QED) is 0.233. The zero-order chi connectivity index (χ0) is 36.7. The maximum atomic E-state index is 15.3. The number of nitrogens with one attached hydrogen (secondary N) is 2. The van der Waals surface area contributed by atoms with Gasteiger partial charge in [0.2, 0.25) is 23.6 Å². The molecule has 7 rings (SSSR count). The number of imide groups is 2. The molecule has 6 heterocycles. The van der Waals surface area contributed by atoms with Crippen LogP contribution in [-0.4, -0.2) is 92.5 Å². The second-order valence-corrected chi connectivity index (χ2v) is 17.2.